The van der Waals surface area contributed by atoms with Crippen LogP contribution in [0.25, 0.3) is 11.0 Å². The van der Waals surface area contributed by atoms with Crippen molar-refractivity contribution in [1.82, 2.24) is 4.90 Å². The van der Waals surface area contributed by atoms with E-state index in [2.05, 4.69) is 5.32 Å². The molecule has 7 nitrogen and oxygen atoms in total. The van der Waals surface area contributed by atoms with E-state index in [1.807, 2.05) is 13.0 Å². The number of methoxy groups -OCH3 is 1. The standard InChI is InChI=1S/C23H23ClN2O5/c1-13-16-7-6-15(30-4)12-20(16)31-23(29)17(13)8-10-21(27)25-19-11-14(5-9-18(19)24)22(28)26(2)3/h5-7,9,11-12H,8,10H2,1-4H3,(H,25,27). The van der Waals surface area contributed by atoms with Crippen LogP contribution in [-0.4, -0.2) is 37.9 Å². The lowest BCUT2D eigenvalue weighted by molar-refractivity contribution is -0.116. The predicted octanol–water partition coefficient (Wildman–Crippen LogP) is 4.04. The van der Waals surface area contributed by atoms with Crippen molar-refractivity contribution in [2.24, 2.45) is 0 Å². The molecule has 0 saturated carbocycles. The molecular formula is C23H23ClN2O5. The highest BCUT2D eigenvalue weighted by Gasteiger charge is 2.16. The first-order valence-corrected chi connectivity index (χ1v) is 10.0. The molecule has 0 aliphatic rings. The van der Waals surface area contributed by atoms with Crippen molar-refractivity contribution in [2.45, 2.75) is 19.8 Å². The van der Waals surface area contributed by atoms with Gasteiger partial charge in [0.25, 0.3) is 5.91 Å². The van der Waals surface area contributed by atoms with E-state index in [9.17, 15) is 14.4 Å². The lowest BCUT2D eigenvalue weighted by Gasteiger charge is -2.13. The second kappa shape index (κ2) is 9.22. The fourth-order valence-corrected chi connectivity index (χ4v) is 3.42. The van der Waals surface area contributed by atoms with E-state index >= 15 is 0 Å². The fourth-order valence-electron chi connectivity index (χ4n) is 3.25. The van der Waals surface area contributed by atoms with Crippen molar-refractivity contribution in [1.29, 1.82) is 0 Å². The molecule has 1 aromatic heterocycles. The van der Waals surface area contributed by atoms with Crippen molar-refractivity contribution in [2.75, 3.05) is 26.5 Å². The van der Waals surface area contributed by atoms with Crippen LogP contribution in [0.4, 0.5) is 5.69 Å². The molecule has 8 heteroatoms. The molecule has 0 radical (unpaired) electrons. The lowest BCUT2D eigenvalue weighted by Crippen LogP contribution is -2.22. The number of amides is 2. The maximum atomic E-state index is 12.5. The van der Waals surface area contributed by atoms with E-state index in [-0.39, 0.29) is 24.7 Å². The van der Waals surface area contributed by atoms with Crippen LogP contribution in [0.1, 0.15) is 27.9 Å². The Bertz CT molecular complexity index is 1220. The predicted molar refractivity (Wildman–Crippen MR) is 120 cm³/mol. The molecule has 2 aromatic carbocycles. The highest BCUT2D eigenvalue weighted by molar-refractivity contribution is 6.33. The number of fused-ring (bicyclic) bond motifs is 1. The summed E-state index contributed by atoms with van der Waals surface area (Å²) in [5.41, 5.74) is 1.90. The normalized spacial score (nSPS) is 10.7. The van der Waals surface area contributed by atoms with Crippen LogP contribution in [-0.2, 0) is 11.2 Å². The Balaban J connectivity index is 1.77. The number of benzene rings is 2. The first-order valence-electron chi connectivity index (χ1n) is 9.62. The van der Waals surface area contributed by atoms with Gasteiger partial charge in [0.05, 0.1) is 17.8 Å². The van der Waals surface area contributed by atoms with E-state index in [0.29, 0.717) is 33.2 Å². The molecule has 3 rings (SSSR count). The van der Waals surface area contributed by atoms with Gasteiger partial charge in [-0.1, -0.05) is 11.6 Å². The van der Waals surface area contributed by atoms with E-state index in [1.165, 1.54) is 18.1 Å². The average molecular weight is 443 g/mol. The second-order valence-electron chi connectivity index (χ2n) is 7.30. The molecule has 0 fully saturated rings. The molecule has 1 N–H and O–H groups in total. The molecule has 0 unspecified atom stereocenters. The Hall–Kier alpha value is -3.32. The molecule has 0 aliphatic carbocycles. The van der Waals surface area contributed by atoms with E-state index < -0.39 is 5.63 Å². The van der Waals surface area contributed by atoms with Gasteiger partial charge in [0.15, 0.2) is 0 Å². The quantitative estimate of drug-likeness (QED) is 0.582. The number of carbonyl (C=O) groups is 2. The molecule has 0 aliphatic heterocycles. The third kappa shape index (κ3) is 4.88. The van der Waals surface area contributed by atoms with Gasteiger partial charge in [0.2, 0.25) is 5.91 Å². The number of aryl methyl sites for hydroxylation is 1. The highest BCUT2D eigenvalue weighted by Crippen LogP contribution is 2.26. The van der Waals surface area contributed by atoms with Gasteiger partial charge < -0.3 is 19.4 Å². The van der Waals surface area contributed by atoms with Gasteiger partial charge in [-0.05, 0) is 49.2 Å². The molecule has 0 atom stereocenters. The number of nitrogens with zero attached hydrogens (tertiary/aromatic N) is 1. The third-order valence-electron chi connectivity index (χ3n) is 4.99. The van der Waals surface area contributed by atoms with Gasteiger partial charge in [-0.2, -0.15) is 0 Å². The highest BCUT2D eigenvalue weighted by atomic mass is 35.5. The largest absolute Gasteiger partial charge is 0.497 e. The van der Waals surface area contributed by atoms with Gasteiger partial charge in [-0.25, -0.2) is 4.79 Å². The average Bonchev–Trinajstić information content (AvgIpc) is 2.74. The Labute approximate surface area is 184 Å². The number of ether oxygens (including phenoxy) is 1. The van der Waals surface area contributed by atoms with Crippen LogP contribution in [0.3, 0.4) is 0 Å². The summed E-state index contributed by atoms with van der Waals surface area (Å²) in [6.07, 6.45) is 0.255. The van der Waals surface area contributed by atoms with Crippen molar-refractivity contribution in [3.8, 4) is 5.75 Å². The molecule has 2 amide bonds. The van der Waals surface area contributed by atoms with E-state index in [1.54, 1.807) is 38.4 Å². The number of rotatable bonds is 6. The van der Waals surface area contributed by atoms with Gasteiger partial charge in [0, 0.05) is 43.1 Å². The van der Waals surface area contributed by atoms with Crippen LogP contribution in [0.15, 0.2) is 45.6 Å². The van der Waals surface area contributed by atoms with Crippen molar-refractivity contribution in [3.05, 3.63) is 68.5 Å². The zero-order chi connectivity index (χ0) is 22.7. The Kier molecular flexibility index (Phi) is 6.65. The minimum Gasteiger partial charge on any atom is -0.497 e. The van der Waals surface area contributed by atoms with Crippen molar-refractivity contribution < 1.29 is 18.7 Å². The molecule has 0 saturated heterocycles. The molecule has 1 heterocycles. The maximum absolute atomic E-state index is 12.5. The van der Waals surface area contributed by atoms with Gasteiger partial charge in [-0.15, -0.1) is 0 Å². The minimum atomic E-state index is -0.484. The summed E-state index contributed by atoms with van der Waals surface area (Å²) >= 11 is 6.17. The molecule has 31 heavy (non-hydrogen) atoms. The monoisotopic (exact) mass is 442 g/mol. The summed E-state index contributed by atoms with van der Waals surface area (Å²) in [5.74, 6) is 0.0622. The lowest BCUT2D eigenvalue weighted by atomic mass is 10.0. The van der Waals surface area contributed by atoms with E-state index in [0.717, 1.165) is 10.9 Å². The smallest absolute Gasteiger partial charge is 0.339 e. The Morgan fingerprint density at radius 3 is 2.58 bits per heavy atom. The summed E-state index contributed by atoms with van der Waals surface area (Å²) in [4.78, 5) is 38.5. The van der Waals surface area contributed by atoms with Crippen molar-refractivity contribution in [3.63, 3.8) is 0 Å². The molecule has 0 bridgehead atoms. The zero-order valence-electron chi connectivity index (χ0n) is 17.7. The molecule has 3 aromatic rings. The van der Waals surface area contributed by atoms with Gasteiger partial charge in [-0.3, -0.25) is 9.59 Å². The minimum absolute atomic E-state index is 0.0510. The third-order valence-corrected chi connectivity index (χ3v) is 5.32. The van der Waals surface area contributed by atoms with Crippen LogP contribution in [0.5, 0.6) is 5.75 Å². The zero-order valence-corrected chi connectivity index (χ0v) is 18.5. The summed E-state index contributed by atoms with van der Waals surface area (Å²) in [6.45, 7) is 1.83. The summed E-state index contributed by atoms with van der Waals surface area (Å²) in [5, 5.41) is 3.82. The van der Waals surface area contributed by atoms with Gasteiger partial charge in [0.1, 0.15) is 11.3 Å². The van der Waals surface area contributed by atoms with Crippen LogP contribution >= 0.6 is 11.6 Å². The topological polar surface area (TPSA) is 88.9 Å². The SMILES string of the molecule is COc1ccc2c(C)c(CCC(=O)Nc3cc(C(=O)N(C)C)ccc3Cl)c(=O)oc2c1. The number of hydrogen-bond acceptors (Lipinski definition) is 5. The first-order chi connectivity index (χ1) is 14.7. The summed E-state index contributed by atoms with van der Waals surface area (Å²) in [6, 6.07) is 9.96. The van der Waals surface area contributed by atoms with Gasteiger partial charge >= 0.3 is 5.63 Å². The molecule has 0 spiro atoms. The Morgan fingerprint density at radius 1 is 1.16 bits per heavy atom. The number of carbonyl (C=O) groups excluding carboxylic acids is 2. The van der Waals surface area contributed by atoms with Crippen LogP contribution < -0.4 is 15.7 Å². The number of anilines is 1. The number of hydrogen-bond donors (Lipinski definition) is 1. The van der Waals surface area contributed by atoms with E-state index in [4.69, 9.17) is 20.8 Å². The Morgan fingerprint density at radius 2 is 1.90 bits per heavy atom. The molecular weight excluding hydrogens is 420 g/mol. The van der Waals surface area contributed by atoms with Crippen LogP contribution in [0, 0.1) is 6.92 Å². The number of halogens is 1. The van der Waals surface area contributed by atoms with Crippen LogP contribution in [0.2, 0.25) is 5.02 Å². The number of nitrogens with one attached hydrogen (secondary N) is 1. The fraction of sp³-hybridized carbons (Fsp3) is 0.261. The summed E-state index contributed by atoms with van der Waals surface area (Å²) < 4.78 is 10.6. The molecule has 162 valence electrons. The summed E-state index contributed by atoms with van der Waals surface area (Å²) in [7, 11) is 4.82. The maximum Gasteiger partial charge on any atom is 0.339 e. The second-order valence-corrected chi connectivity index (χ2v) is 7.70. The van der Waals surface area contributed by atoms with Crippen molar-refractivity contribution >= 4 is 40.1 Å². The first kappa shape index (κ1) is 22.4.